The Labute approximate surface area is 132 Å². The number of rotatable bonds is 2. The summed E-state index contributed by atoms with van der Waals surface area (Å²) in [4.78, 5) is 0. The maximum Gasteiger partial charge on any atom is 0.0486 e. The predicted octanol–water partition coefficient (Wildman–Crippen LogP) is 4.94. The third-order valence-electron chi connectivity index (χ3n) is 4.54. The molecule has 4 rings (SSSR count). The van der Waals surface area contributed by atoms with Gasteiger partial charge >= 0.3 is 0 Å². The van der Waals surface area contributed by atoms with Gasteiger partial charge in [0.1, 0.15) is 0 Å². The Balaban J connectivity index is 1.72. The Bertz CT molecular complexity index is 826. The van der Waals surface area contributed by atoms with Crippen molar-refractivity contribution in [1.29, 1.82) is 0 Å². The fourth-order valence-corrected chi connectivity index (χ4v) is 3.63. The van der Waals surface area contributed by atoms with E-state index in [-0.39, 0.29) is 5.54 Å². The Kier molecular flexibility index (Phi) is 2.91. The molecular weight excluding hydrogens is 322 g/mol. The minimum atomic E-state index is -0.217. The molecule has 3 aromatic carbocycles. The molecule has 3 aromatic rings. The monoisotopic (exact) mass is 337 g/mol. The molecular formula is C19H16BrN. The first-order valence-electron chi connectivity index (χ1n) is 7.20. The summed E-state index contributed by atoms with van der Waals surface area (Å²) < 4.78 is 1.12. The molecule has 0 amide bonds. The molecule has 1 aliphatic rings. The van der Waals surface area contributed by atoms with Gasteiger partial charge in [0.05, 0.1) is 0 Å². The molecule has 1 fully saturated rings. The summed E-state index contributed by atoms with van der Waals surface area (Å²) in [7, 11) is 0. The van der Waals surface area contributed by atoms with Crippen LogP contribution in [0.4, 0.5) is 0 Å². The quantitative estimate of drug-likeness (QED) is 0.703. The van der Waals surface area contributed by atoms with E-state index in [1.54, 1.807) is 0 Å². The zero-order chi connectivity index (χ0) is 14.4. The van der Waals surface area contributed by atoms with Gasteiger partial charge in [-0.1, -0.05) is 64.5 Å². The Morgan fingerprint density at radius 2 is 1.71 bits per heavy atom. The van der Waals surface area contributed by atoms with E-state index in [2.05, 4.69) is 82.7 Å². The average molecular weight is 338 g/mol. The van der Waals surface area contributed by atoms with Gasteiger partial charge in [0.15, 0.2) is 0 Å². The summed E-state index contributed by atoms with van der Waals surface area (Å²) in [6.07, 6.45) is 1.02. The molecule has 21 heavy (non-hydrogen) atoms. The van der Waals surface area contributed by atoms with Crippen LogP contribution in [-0.2, 0) is 5.54 Å². The zero-order valence-corrected chi connectivity index (χ0v) is 13.2. The molecule has 0 spiro atoms. The van der Waals surface area contributed by atoms with Crippen LogP contribution >= 0.6 is 15.9 Å². The van der Waals surface area contributed by atoms with Gasteiger partial charge in [-0.3, -0.25) is 0 Å². The first-order chi connectivity index (χ1) is 10.2. The molecule has 0 unspecified atom stereocenters. The van der Waals surface area contributed by atoms with Crippen molar-refractivity contribution < 1.29 is 0 Å². The highest BCUT2D eigenvalue weighted by Gasteiger charge is 2.52. The molecule has 0 saturated heterocycles. The Morgan fingerprint density at radius 3 is 2.52 bits per heavy atom. The normalized spacial score (nSPS) is 24.2. The van der Waals surface area contributed by atoms with Gasteiger partial charge in [-0.25, -0.2) is 0 Å². The van der Waals surface area contributed by atoms with E-state index >= 15 is 0 Å². The van der Waals surface area contributed by atoms with Crippen LogP contribution in [0.3, 0.4) is 0 Å². The molecule has 1 nitrogen and oxygen atoms in total. The van der Waals surface area contributed by atoms with Crippen molar-refractivity contribution in [2.75, 3.05) is 0 Å². The van der Waals surface area contributed by atoms with Gasteiger partial charge in [-0.05, 0) is 46.5 Å². The summed E-state index contributed by atoms with van der Waals surface area (Å²) in [5, 5.41) is 2.53. The maximum absolute atomic E-state index is 6.67. The van der Waals surface area contributed by atoms with Crippen LogP contribution in [0, 0.1) is 0 Å². The molecule has 0 aromatic heterocycles. The minimum Gasteiger partial charge on any atom is -0.321 e. The lowest BCUT2D eigenvalue weighted by atomic mass is 9.97. The second-order valence-electron chi connectivity index (χ2n) is 5.91. The number of hydrogen-bond acceptors (Lipinski definition) is 1. The molecule has 1 aliphatic carbocycles. The van der Waals surface area contributed by atoms with Crippen LogP contribution in [0.5, 0.6) is 0 Å². The summed E-state index contributed by atoms with van der Waals surface area (Å²) in [5.74, 6) is 0.413. The number of benzene rings is 3. The third kappa shape index (κ3) is 2.19. The zero-order valence-electron chi connectivity index (χ0n) is 11.6. The maximum atomic E-state index is 6.67. The lowest BCUT2D eigenvalue weighted by Crippen LogP contribution is -2.21. The molecule has 2 N–H and O–H groups in total. The number of hydrogen-bond donors (Lipinski definition) is 1. The van der Waals surface area contributed by atoms with Gasteiger partial charge in [0.2, 0.25) is 0 Å². The third-order valence-corrected chi connectivity index (χ3v) is 5.03. The van der Waals surface area contributed by atoms with Crippen LogP contribution in [0.15, 0.2) is 71.2 Å². The fraction of sp³-hybridized carbons (Fsp3) is 0.158. The van der Waals surface area contributed by atoms with Crippen molar-refractivity contribution in [2.24, 2.45) is 5.73 Å². The van der Waals surface area contributed by atoms with Gasteiger partial charge in [0.25, 0.3) is 0 Å². The van der Waals surface area contributed by atoms with Crippen LogP contribution in [0.1, 0.15) is 23.5 Å². The average Bonchev–Trinajstić information content (AvgIpc) is 3.20. The minimum absolute atomic E-state index is 0.217. The predicted molar refractivity (Wildman–Crippen MR) is 91.3 cm³/mol. The van der Waals surface area contributed by atoms with E-state index in [9.17, 15) is 0 Å². The van der Waals surface area contributed by atoms with Crippen molar-refractivity contribution in [3.05, 3.63) is 82.3 Å². The number of halogens is 1. The van der Waals surface area contributed by atoms with Crippen molar-refractivity contribution >= 4 is 26.7 Å². The largest absolute Gasteiger partial charge is 0.321 e. The van der Waals surface area contributed by atoms with Crippen LogP contribution in [-0.4, -0.2) is 0 Å². The second-order valence-corrected chi connectivity index (χ2v) is 6.83. The fourth-order valence-electron chi connectivity index (χ4n) is 3.22. The number of fused-ring (bicyclic) bond motifs is 1. The summed E-state index contributed by atoms with van der Waals surface area (Å²) in [6.45, 7) is 0. The van der Waals surface area contributed by atoms with Gasteiger partial charge in [0, 0.05) is 15.9 Å². The van der Waals surface area contributed by atoms with E-state index in [0.717, 1.165) is 10.9 Å². The SMILES string of the molecule is N[C@@]1(c2ccc3ccccc3c2)C[C@@H]1c1cccc(Br)c1. The standard InChI is InChI=1S/C19H16BrN/c20-17-7-3-6-15(11-17)18-12-19(18,21)16-9-8-13-4-1-2-5-14(13)10-16/h1-11,18H,12,21H2/t18-,19-/m1/s1. The van der Waals surface area contributed by atoms with Gasteiger partial charge in [-0.2, -0.15) is 0 Å². The second kappa shape index (κ2) is 4.69. The van der Waals surface area contributed by atoms with Gasteiger partial charge < -0.3 is 5.73 Å². The van der Waals surface area contributed by atoms with E-state index in [1.807, 2.05) is 0 Å². The first-order valence-corrected chi connectivity index (χ1v) is 8.00. The molecule has 1 saturated carbocycles. The first kappa shape index (κ1) is 13.1. The highest BCUT2D eigenvalue weighted by molar-refractivity contribution is 9.10. The smallest absolute Gasteiger partial charge is 0.0486 e. The molecule has 2 heteroatoms. The highest BCUT2D eigenvalue weighted by atomic mass is 79.9. The van der Waals surface area contributed by atoms with E-state index in [1.165, 1.54) is 21.9 Å². The van der Waals surface area contributed by atoms with E-state index < -0.39 is 0 Å². The summed E-state index contributed by atoms with van der Waals surface area (Å²) in [6, 6.07) is 23.5. The lowest BCUT2D eigenvalue weighted by molar-refractivity contribution is 0.707. The highest BCUT2D eigenvalue weighted by Crippen LogP contribution is 2.56. The van der Waals surface area contributed by atoms with Gasteiger partial charge in [-0.15, -0.1) is 0 Å². The lowest BCUT2D eigenvalue weighted by Gasteiger charge is -2.13. The van der Waals surface area contributed by atoms with Crippen LogP contribution in [0.2, 0.25) is 0 Å². The molecule has 0 aliphatic heterocycles. The molecule has 0 heterocycles. The molecule has 104 valence electrons. The van der Waals surface area contributed by atoms with Crippen LogP contribution < -0.4 is 5.73 Å². The Hall–Kier alpha value is -1.64. The topological polar surface area (TPSA) is 26.0 Å². The van der Waals surface area contributed by atoms with E-state index in [4.69, 9.17) is 5.73 Å². The molecule has 2 atom stereocenters. The number of nitrogens with two attached hydrogens (primary N) is 1. The van der Waals surface area contributed by atoms with Crippen molar-refractivity contribution in [2.45, 2.75) is 17.9 Å². The van der Waals surface area contributed by atoms with E-state index in [0.29, 0.717) is 5.92 Å². The molecule has 0 bridgehead atoms. The summed E-state index contributed by atoms with van der Waals surface area (Å²) >= 11 is 3.54. The summed E-state index contributed by atoms with van der Waals surface area (Å²) in [5.41, 5.74) is 9.01. The van der Waals surface area contributed by atoms with Crippen molar-refractivity contribution in [3.8, 4) is 0 Å². The molecule has 0 radical (unpaired) electrons. The van der Waals surface area contributed by atoms with Crippen molar-refractivity contribution in [3.63, 3.8) is 0 Å². The van der Waals surface area contributed by atoms with Crippen molar-refractivity contribution in [1.82, 2.24) is 0 Å². The Morgan fingerprint density at radius 1 is 0.905 bits per heavy atom. The van der Waals surface area contributed by atoms with Crippen LogP contribution in [0.25, 0.3) is 10.8 Å².